The van der Waals surface area contributed by atoms with Crippen LogP contribution in [0.5, 0.6) is 0 Å². The third-order valence-corrected chi connectivity index (χ3v) is 6.16. The molecule has 1 aromatic heterocycles. The van der Waals surface area contributed by atoms with Gasteiger partial charge in [-0.15, -0.1) is 11.3 Å². The standard InChI is InChI=1S/C21H23FN4OS/c1-15(21(27)23-17-8-6-16(22)7-9-17)26-12-10-25(11-13-26)14-20-24-18-4-2-3-5-19(18)28-20/h2-9,15H,10-14H2,1H3,(H,23,27)/t15-/m1/s1. The van der Waals surface area contributed by atoms with Crippen molar-refractivity contribution >= 4 is 33.1 Å². The lowest BCUT2D eigenvalue weighted by atomic mass is 10.2. The van der Waals surface area contributed by atoms with Crippen molar-refractivity contribution in [2.24, 2.45) is 0 Å². The first-order valence-electron chi connectivity index (χ1n) is 9.46. The van der Waals surface area contributed by atoms with Crippen LogP contribution in [0.3, 0.4) is 0 Å². The summed E-state index contributed by atoms with van der Waals surface area (Å²) in [4.78, 5) is 21.8. The molecule has 0 aliphatic carbocycles. The van der Waals surface area contributed by atoms with Gasteiger partial charge in [0.05, 0.1) is 22.8 Å². The van der Waals surface area contributed by atoms with E-state index in [4.69, 9.17) is 4.98 Å². The maximum Gasteiger partial charge on any atom is 0.241 e. The van der Waals surface area contributed by atoms with Crippen LogP contribution in [0.2, 0.25) is 0 Å². The normalized spacial score (nSPS) is 16.9. The number of thiazole rings is 1. The first kappa shape index (κ1) is 19.0. The molecule has 0 bridgehead atoms. The van der Waals surface area contributed by atoms with E-state index in [1.54, 1.807) is 23.5 Å². The van der Waals surface area contributed by atoms with Gasteiger partial charge in [0.2, 0.25) is 5.91 Å². The second kappa shape index (κ2) is 8.34. The van der Waals surface area contributed by atoms with Gasteiger partial charge < -0.3 is 5.32 Å². The Bertz CT molecular complexity index is 917. The van der Waals surface area contributed by atoms with Gasteiger partial charge in [-0.1, -0.05) is 12.1 Å². The zero-order valence-corrected chi connectivity index (χ0v) is 16.6. The molecule has 1 amide bonds. The van der Waals surface area contributed by atoms with Crippen molar-refractivity contribution in [3.8, 4) is 0 Å². The Labute approximate surface area is 167 Å². The van der Waals surface area contributed by atoms with Crippen molar-refractivity contribution in [3.05, 3.63) is 59.4 Å². The SMILES string of the molecule is C[C@H](C(=O)Nc1ccc(F)cc1)N1CCN(Cc2nc3ccccc3s2)CC1. The summed E-state index contributed by atoms with van der Waals surface area (Å²) in [6, 6.07) is 13.8. The Morgan fingerprint density at radius 1 is 1.14 bits per heavy atom. The van der Waals surface area contributed by atoms with Crippen LogP contribution in [0.25, 0.3) is 10.2 Å². The number of nitrogens with one attached hydrogen (secondary N) is 1. The third-order valence-electron chi connectivity index (χ3n) is 5.14. The highest BCUT2D eigenvalue weighted by Gasteiger charge is 2.26. The van der Waals surface area contributed by atoms with Crippen LogP contribution in [0.15, 0.2) is 48.5 Å². The highest BCUT2D eigenvalue weighted by molar-refractivity contribution is 7.18. The second-order valence-corrected chi connectivity index (χ2v) is 8.17. The molecule has 0 radical (unpaired) electrons. The molecule has 28 heavy (non-hydrogen) atoms. The number of nitrogens with zero attached hydrogens (tertiary/aromatic N) is 3. The summed E-state index contributed by atoms with van der Waals surface area (Å²) in [5, 5.41) is 4.00. The monoisotopic (exact) mass is 398 g/mol. The van der Waals surface area contributed by atoms with Gasteiger partial charge in [0.25, 0.3) is 0 Å². The molecular weight excluding hydrogens is 375 g/mol. The first-order chi connectivity index (χ1) is 13.6. The lowest BCUT2D eigenvalue weighted by Crippen LogP contribution is -2.52. The van der Waals surface area contributed by atoms with E-state index in [1.807, 2.05) is 19.1 Å². The van der Waals surface area contributed by atoms with Crippen LogP contribution >= 0.6 is 11.3 Å². The second-order valence-electron chi connectivity index (χ2n) is 7.06. The molecule has 4 rings (SSSR count). The molecule has 1 N–H and O–H groups in total. The Morgan fingerprint density at radius 3 is 2.57 bits per heavy atom. The van der Waals surface area contributed by atoms with Gasteiger partial charge in [-0.3, -0.25) is 14.6 Å². The Balaban J connectivity index is 1.29. The summed E-state index contributed by atoms with van der Waals surface area (Å²) in [6.45, 7) is 6.26. The number of halogens is 1. The lowest BCUT2D eigenvalue weighted by Gasteiger charge is -2.37. The number of piperazine rings is 1. The molecule has 146 valence electrons. The molecule has 3 aromatic rings. The summed E-state index contributed by atoms with van der Waals surface area (Å²) < 4.78 is 14.2. The van der Waals surface area contributed by atoms with Crippen LogP contribution in [0.1, 0.15) is 11.9 Å². The minimum absolute atomic E-state index is 0.0637. The van der Waals surface area contributed by atoms with Gasteiger partial charge in [0.1, 0.15) is 10.8 Å². The Morgan fingerprint density at radius 2 is 1.86 bits per heavy atom. The molecule has 2 heterocycles. The van der Waals surface area contributed by atoms with Crippen LogP contribution < -0.4 is 5.32 Å². The highest BCUT2D eigenvalue weighted by atomic mass is 32.1. The maximum atomic E-state index is 13.0. The van der Waals surface area contributed by atoms with Gasteiger partial charge in [-0.25, -0.2) is 9.37 Å². The molecule has 7 heteroatoms. The number of carbonyl (C=O) groups is 1. The van der Waals surface area contributed by atoms with Crippen LogP contribution in [-0.2, 0) is 11.3 Å². The molecule has 0 unspecified atom stereocenters. The topological polar surface area (TPSA) is 48.5 Å². The van der Waals surface area contributed by atoms with E-state index in [0.29, 0.717) is 5.69 Å². The van der Waals surface area contributed by atoms with E-state index < -0.39 is 0 Å². The molecule has 2 aromatic carbocycles. The molecule has 0 spiro atoms. The summed E-state index contributed by atoms with van der Waals surface area (Å²) in [5.74, 6) is -0.374. The van der Waals surface area contributed by atoms with Crippen LogP contribution in [-0.4, -0.2) is 52.9 Å². The molecule has 5 nitrogen and oxygen atoms in total. The highest BCUT2D eigenvalue weighted by Crippen LogP contribution is 2.23. The van der Waals surface area contributed by atoms with Gasteiger partial charge >= 0.3 is 0 Å². The Kier molecular flexibility index (Phi) is 5.66. The third kappa shape index (κ3) is 4.38. The smallest absolute Gasteiger partial charge is 0.241 e. The predicted octanol–water partition coefficient (Wildman–Crippen LogP) is 3.58. The zero-order valence-electron chi connectivity index (χ0n) is 15.8. The van der Waals surface area contributed by atoms with E-state index in [2.05, 4.69) is 27.2 Å². The van der Waals surface area contributed by atoms with Crippen molar-refractivity contribution < 1.29 is 9.18 Å². The molecule has 1 saturated heterocycles. The van der Waals surface area contributed by atoms with Crippen molar-refractivity contribution in [2.45, 2.75) is 19.5 Å². The van der Waals surface area contributed by atoms with E-state index >= 15 is 0 Å². The first-order valence-corrected chi connectivity index (χ1v) is 10.3. The lowest BCUT2D eigenvalue weighted by molar-refractivity contribution is -0.121. The molecule has 1 atom stereocenters. The number of amides is 1. The number of hydrogen-bond acceptors (Lipinski definition) is 5. The number of para-hydroxylation sites is 1. The van der Waals surface area contributed by atoms with Gasteiger partial charge in [0.15, 0.2) is 0 Å². The number of fused-ring (bicyclic) bond motifs is 1. The van der Waals surface area contributed by atoms with Gasteiger partial charge in [0, 0.05) is 31.9 Å². The van der Waals surface area contributed by atoms with Crippen molar-refractivity contribution in [1.82, 2.24) is 14.8 Å². The molecular formula is C21H23FN4OS. The minimum atomic E-state index is -0.310. The predicted molar refractivity (Wildman–Crippen MR) is 111 cm³/mol. The summed E-state index contributed by atoms with van der Waals surface area (Å²) in [6.07, 6.45) is 0. The van der Waals surface area contributed by atoms with E-state index in [-0.39, 0.29) is 17.8 Å². The summed E-state index contributed by atoms with van der Waals surface area (Å²) in [7, 11) is 0. The number of aromatic nitrogens is 1. The summed E-state index contributed by atoms with van der Waals surface area (Å²) >= 11 is 1.75. The quantitative estimate of drug-likeness (QED) is 0.714. The Hall–Kier alpha value is -2.35. The van der Waals surface area contributed by atoms with Crippen molar-refractivity contribution in [3.63, 3.8) is 0 Å². The largest absolute Gasteiger partial charge is 0.325 e. The molecule has 0 saturated carbocycles. The van der Waals surface area contributed by atoms with E-state index in [9.17, 15) is 9.18 Å². The fourth-order valence-electron chi connectivity index (χ4n) is 3.43. The number of benzene rings is 2. The van der Waals surface area contributed by atoms with Crippen molar-refractivity contribution in [1.29, 1.82) is 0 Å². The minimum Gasteiger partial charge on any atom is -0.325 e. The van der Waals surface area contributed by atoms with E-state index in [0.717, 1.165) is 43.2 Å². The average Bonchev–Trinajstić information content (AvgIpc) is 3.12. The zero-order chi connectivity index (χ0) is 19.5. The van der Waals surface area contributed by atoms with Gasteiger partial charge in [-0.2, -0.15) is 0 Å². The summed E-state index contributed by atoms with van der Waals surface area (Å²) in [5.41, 5.74) is 1.68. The van der Waals surface area contributed by atoms with Crippen LogP contribution in [0, 0.1) is 5.82 Å². The molecule has 1 aliphatic heterocycles. The average molecular weight is 399 g/mol. The maximum absolute atomic E-state index is 13.0. The fraction of sp³-hybridized carbons (Fsp3) is 0.333. The number of hydrogen-bond donors (Lipinski definition) is 1. The number of anilines is 1. The van der Waals surface area contributed by atoms with Gasteiger partial charge in [-0.05, 0) is 43.3 Å². The fourth-order valence-corrected chi connectivity index (χ4v) is 4.44. The molecule has 1 aliphatic rings. The van der Waals surface area contributed by atoms with Crippen LogP contribution in [0.4, 0.5) is 10.1 Å². The number of rotatable bonds is 5. The van der Waals surface area contributed by atoms with E-state index in [1.165, 1.54) is 16.8 Å². The number of carbonyl (C=O) groups excluding carboxylic acids is 1. The van der Waals surface area contributed by atoms with Crippen molar-refractivity contribution in [2.75, 3.05) is 31.5 Å². The molecule has 1 fully saturated rings.